The van der Waals surface area contributed by atoms with Crippen molar-refractivity contribution in [1.29, 1.82) is 0 Å². The third-order valence-corrected chi connectivity index (χ3v) is 6.24. The van der Waals surface area contributed by atoms with E-state index in [2.05, 4.69) is 0 Å². The number of alkyl halides is 1. The minimum atomic E-state index is -1.61. The van der Waals surface area contributed by atoms with Gasteiger partial charge in [0, 0.05) is 24.2 Å². The maximum absolute atomic E-state index is 15.4. The zero-order chi connectivity index (χ0) is 24.1. The van der Waals surface area contributed by atoms with Crippen LogP contribution >= 0.6 is 0 Å². The molecule has 1 aliphatic carbocycles. The van der Waals surface area contributed by atoms with Gasteiger partial charge >= 0.3 is 5.97 Å². The van der Waals surface area contributed by atoms with Crippen LogP contribution in [0.3, 0.4) is 0 Å². The number of hydrogen-bond donors (Lipinski definition) is 1. The molecule has 1 heterocycles. The SMILES string of the molecule is C[C@@H]1CC2=C(Cc3ccc(F)cc32)[C@@H](c2c(F)cc(/C=C/C(=O)O)cc2F)N1CC(C)(C)F. The zero-order valence-electron chi connectivity index (χ0n) is 18.6. The van der Waals surface area contributed by atoms with Crippen LogP contribution < -0.4 is 0 Å². The molecule has 33 heavy (non-hydrogen) atoms. The van der Waals surface area contributed by atoms with E-state index in [0.29, 0.717) is 12.8 Å². The molecule has 0 saturated heterocycles. The summed E-state index contributed by atoms with van der Waals surface area (Å²) in [5.74, 6) is -3.29. The van der Waals surface area contributed by atoms with E-state index >= 15 is 8.78 Å². The van der Waals surface area contributed by atoms with Crippen molar-refractivity contribution in [2.75, 3.05) is 6.54 Å². The Hall–Kier alpha value is -2.93. The molecular weight excluding hydrogens is 434 g/mol. The summed E-state index contributed by atoms with van der Waals surface area (Å²) < 4.78 is 59.5. The third-order valence-electron chi connectivity index (χ3n) is 6.24. The minimum absolute atomic E-state index is 0.0418. The topological polar surface area (TPSA) is 40.5 Å². The van der Waals surface area contributed by atoms with Crippen LogP contribution in [0.25, 0.3) is 11.6 Å². The van der Waals surface area contributed by atoms with Gasteiger partial charge in [0.1, 0.15) is 23.1 Å². The van der Waals surface area contributed by atoms with Gasteiger partial charge in [-0.1, -0.05) is 6.07 Å². The molecule has 0 fully saturated rings. The number of halogens is 4. The summed E-state index contributed by atoms with van der Waals surface area (Å²) in [6, 6.07) is 5.54. The number of nitrogens with zero attached hydrogens (tertiary/aromatic N) is 1. The fourth-order valence-electron chi connectivity index (χ4n) is 4.99. The highest BCUT2D eigenvalue weighted by atomic mass is 19.1. The van der Waals surface area contributed by atoms with Crippen LogP contribution in [0, 0.1) is 17.5 Å². The van der Waals surface area contributed by atoms with Gasteiger partial charge in [-0.25, -0.2) is 22.4 Å². The normalized spacial score (nSPS) is 20.9. The first-order valence-corrected chi connectivity index (χ1v) is 10.8. The molecule has 2 aliphatic rings. The van der Waals surface area contributed by atoms with Crippen LogP contribution in [0.5, 0.6) is 0 Å². The zero-order valence-corrected chi connectivity index (χ0v) is 18.6. The van der Waals surface area contributed by atoms with Crippen LogP contribution in [-0.4, -0.2) is 34.2 Å². The number of aliphatic carboxylic acids is 1. The van der Waals surface area contributed by atoms with Crippen LogP contribution in [0.2, 0.25) is 0 Å². The van der Waals surface area contributed by atoms with Crippen molar-refractivity contribution in [2.45, 2.75) is 51.4 Å². The van der Waals surface area contributed by atoms with Gasteiger partial charge in [-0.05, 0) is 91.8 Å². The highest BCUT2D eigenvalue weighted by molar-refractivity contribution is 5.85. The average molecular weight is 459 g/mol. The highest BCUT2D eigenvalue weighted by Crippen LogP contribution is 2.50. The number of carboxylic acid groups (broad SMARTS) is 1. The van der Waals surface area contributed by atoms with Gasteiger partial charge in [0.05, 0.1) is 6.04 Å². The van der Waals surface area contributed by atoms with Crippen LogP contribution in [0.4, 0.5) is 17.6 Å². The fraction of sp³-hybridized carbons (Fsp3) is 0.346. The van der Waals surface area contributed by atoms with Crippen molar-refractivity contribution in [3.8, 4) is 0 Å². The molecule has 0 radical (unpaired) electrons. The van der Waals surface area contributed by atoms with Crippen molar-refractivity contribution in [2.24, 2.45) is 0 Å². The van der Waals surface area contributed by atoms with E-state index in [4.69, 9.17) is 5.11 Å². The van der Waals surface area contributed by atoms with Gasteiger partial charge in [0.15, 0.2) is 0 Å². The summed E-state index contributed by atoms with van der Waals surface area (Å²) in [6.07, 6.45) is 2.83. The predicted molar refractivity (Wildman–Crippen MR) is 119 cm³/mol. The maximum atomic E-state index is 15.4. The van der Waals surface area contributed by atoms with Crippen molar-refractivity contribution in [3.05, 3.63) is 81.7 Å². The van der Waals surface area contributed by atoms with E-state index in [9.17, 15) is 13.6 Å². The fourth-order valence-corrected chi connectivity index (χ4v) is 4.99. The molecule has 0 spiro atoms. The second kappa shape index (κ2) is 8.45. The van der Waals surface area contributed by atoms with Crippen LogP contribution in [0.1, 0.15) is 55.5 Å². The minimum Gasteiger partial charge on any atom is -0.478 e. The van der Waals surface area contributed by atoms with E-state index in [-0.39, 0.29) is 29.5 Å². The standard InChI is InChI=1S/C26H25F4NO2/c1-14-8-19-18-12-17(27)6-5-16(18)11-20(19)25(31(14)13-26(2,3)30)24-21(28)9-15(10-22(24)29)4-7-23(32)33/h4-7,9-10,12,14,25H,8,11,13H2,1-3H3,(H,32,33)/b7-4+/t14-,25+/m1/s1. The van der Waals surface area contributed by atoms with Crippen molar-refractivity contribution in [3.63, 3.8) is 0 Å². The number of rotatable bonds is 5. The first kappa shape index (κ1) is 23.2. The quantitative estimate of drug-likeness (QED) is 0.434. The second-order valence-electron chi connectivity index (χ2n) is 9.40. The number of hydrogen-bond acceptors (Lipinski definition) is 2. The summed E-state index contributed by atoms with van der Waals surface area (Å²) in [5.41, 5.74) is 1.46. The molecule has 4 rings (SSSR count). The Morgan fingerprint density at radius 3 is 2.45 bits per heavy atom. The molecular formula is C26H25F4NO2. The molecule has 174 valence electrons. The average Bonchev–Trinajstić information content (AvgIpc) is 3.04. The summed E-state index contributed by atoms with van der Waals surface area (Å²) in [4.78, 5) is 12.5. The van der Waals surface area contributed by atoms with Crippen molar-refractivity contribution < 1.29 is 27.5 Å². The molecule has 2 aromatic carbocycles. The molecule has 7 heteroatoms. The largest absolute Gasteiger partial charge is 0.478 e. The lowest BCUT2D eigenvalue weighted by Crippen LogP contribution is -2.47. The summed E-state index contributed by atoms with van der Waals surface area (Å²) in [5, 5.41) is 8.80. The molecule has 1 aliphatic heterocycles. The van der Waals surface area contributed by atoms with E-state index in [1.54, 1.807) is 11.0 Å². The first-order chi connectivity index (χ1) is 15.4. The van der Waals surface area contributed by atoms with E-state index in [1.165, 1.54) is 26.0 Å². The Balaban J connectivity index is 1.87. The van der Waals surface area contributed by atoms with Gasteiger partial charge < -0.3 is 5.11 Å². The molecule has 0 unspecified atom stereocenters. The van der Waals surface area contributed by atoms with Gasteiger partial charge in [-0.2, -0.15) is 0 Å². The van der Waals surface area contributed by atoms with Gasteiger partial charge in [-0.15, -0.1) is 0 Å². The Bertz CT molecular complexity index is 1160. The lowest BCUT2D eigenvalue weighted by Gasteiger charge is -2.44. The summed E-state index contributed by atoms with van der Waals surface area (Å²) in [7, 11) is 0. The van der Waals surface area contributed by atoms with Gasteiger partial charge in [-0.3, -0.25) is 4.90 Å². The predicted octanol–water partition coefficient (Wildman–Crippen LogP) is 6.10. The second-order valence-corrected chi connectivity index (χ2v) is 9.40. The molecule has 2 atom stereocenters. The Kier molecular flexibility index (Phi) is 5.95. The lowest BCUT2D eigenvalue weighted by molar-refractivity contribution is -0.131. The molecule has 2 aromatic rings. The molecule has 0 bridgehead atoms. The molecule has 3 nitrogen and oxygen atoms in total. The Morgan fingerprint density at radius 1 is 1.18 bits per heavy atom. The Labute approximate surface area is 190 Å². The van der Waals surface area contributed by atoms with Crippen LogP contribution in [-0.2, 0) is 11.2 Å². The number of carboxylic acids is 1. The molecule has 0 saturated carbocycles. The maximum Gasteiger partial charge on any atom is 0.328 e. The summed E-state index contributed by atoms with van der Waals surface area (Å²) in [6.45, 7) is 4.68. The molecule has 0 amide bonds. The number of fused-ring (bicyclic) bond motifs is 2. The Morgan fingerprint density at radius 2 is 1.85 bits per heavy atom. The first-order valence-electron chi connectivity index (χ1n) is 10.8. The van der Waals surface area contributed by atoms with Gasteiger partial charge in [0.25, 0.3) is 0 Å². The smallest absolute Gasteiger partial charge is 0.328 e. The highest BCUT2D eigenvalue weighted by Gasteiger charge is 2.43. The monoisotopic (exact) mass is 459 g/mol. The van der Waals surface area contributed by atoms with Crippen LogP contribution in [0.15, 0.2) is 42.0 Å². The van der Waals surface area contributed by atoms with E-state index in [1.807, 2.05) is 6.92 Å². The van der Waals surface area contributed by atoms with E-state index < -0.39 is 29.3 Å². The number of benzene rings is 2. The number of carbonyl (C=O) groups is 1. The molecule has 0 aromatic heterocycles. The molecule has 1 N–H and O–H groups in total. The van der Waals surface area contributed by atoms with Gasteiger partial charge in [0.2, 0.25) is 0 Å². The third kappa shape index (κ3) is 4.60. The van der Waals surface area contributed by atoms with Crippen molar-refractivity contribution >= 4 is 17.6 Å². The summed E-state index contributed by atoms with van der Waals surface area (Å²) >= 11 is 0. The lowest BCUT2D eigenvalue weighted by atomic mass is 9.83. The van der Waals surface area contributed by atoms with Crippen molar-refractivity contribution in [1.82, 2.24) is 4.90 Å². The van der Waals surface area contributed by atoms with E-state index in [0.717, 1.165) is 46.6 Å².